The highest BCUT2D eigenvalue weighted by Gasteiger charge is 2.26. The van der Waals surface area contributed by atoms with Crippen molar-refractivity contribution in [3.05, 3.63) is 59.2 Å². The van der Waals surface area contributed by atoms with E-state index in [-0.39, 0.29) is 6.10 Å². The van der Waals surface area contributed by atoms with Crippen LogP contribution in [0.2, 0.25) is 0 Å². The average Bonchev–Trinajstić information content (AvgIpc) is 3.04. The van der Waals surface area contributed by atoms with Crippen molar-refractivity contribution in [2.45, 2.75) is 52.3 Å². The number of rotatable bonds is 6. The molecule has 25 heavy (non-hydrogen) atoms. The Morgan fingerprint density at radius 2 is 1.96 bits per heavy atom. The van der Waals surface area contributed by atoms with Crippen LogP contribution in [0.4, 0.5) is 0 Å². The molecule has 1 unspecified atom stereocenters. The molecule has 1 fully saturated rings. The standard InChI is InChI=1S/C22H29NO2/c1-16(2)25-21-11-10-18(14-22(21)24-4)15-23-12-6-9-20(23)19-8-5-7-17(3)13-19/h5,7-8,10-11,13-14,16,20H,6,9,12,15H2,1-4H3. The maximum absolute atomic E-state index is 5.83. The minimum atomic E-state index is 0.143. The van der Waals surface area contributed by atoms with Crippen LogP contribution in [0.1, 0.15) is 49.4 Å². The van der Waals surface area contributed by atoms with Gasteiger partial charge in [-0.1, -0.05) is 35.9 Å². The Hall–Kier alpha value is -2.00. The molecule has 0 aromatic heterocycles. The first kappa shape index (κ1) is 17.8. The van der Waals surface area contributed by atoms with Gasteiger partial charge in [-0.3, -0.25) is 4.90 Å². The molecule has 0 N–H and O–H groups in total. The quantitative estimate of drug-likeness (QED) is 0.728. The Labute approximate surface area is 151 Å². The van der Waals surface area contributed by atoms with Crippen molar-refractivity contribution in [2.75, 3.05) is 13.7 Å². The predicted molar refractivity (Wildman–Crippen MR) is 102 cm³/mol. The van der Waals surface area contributed by atoms with Crippen LogP contribution in [-0.2, 0) is 6.54 Å². The van der Waals surface area contributed by atoms with Crippen LogP contribution in [0.5, 0.6) is 11.5 Å². The highest BCUT2D eigenvalue weighted by atomic mass is 16.5. The normalized spacial score (nSPS) is 17.9. The molecule has 0 saturated carbocycles. The van der Waals surface area contributed by atoms with E-state index >= 15 is 0 Å². The van der Waals surface area contributed by atoms with E-state index in [2.05, 4.69) is 48.2 Å². The summed E-state index contributed by atoms with van der Waals surface area (Å²) in [6, 6.07) is 15.7. The van der Waals surface area contributed by atoms with Gasteiger partial charge in [0.25, 0.3) is 0 Å². The van der Waals surface area contributed by atoms with Crippen molar-refractivity contribution in [3.8, 4) is 11.5 Å². The van der Waals surface area contributed by atoms with Crippen molar-refractivity contribution in [1.82, 2.24) is 4.90 Å². The molecule has 0 bridgehead atoms. The molecule has 0 radical (unpaired) electrons. The van der Waals surface area contributed by atoms with E-state index in [1.807, 2.05) is 19.9 Å². The van der Waals surface area contributed by atoms with E-state index in [1.165, 1.54) is 29.5 Å². The number of likely N-dealkylation sites (tertiary alicyclic amines) is 1. The second kappa shape index (κ2) is 7.92. The molecule has 1 aliphatic rings. The van der Waals surface area contributed by atoms with E-state index in [1.54, 1.807) is 7.11 Å². The molecule has 3 rings (SSSR count). The predicted octanol–water partition coefficient (Wildman–Crippen LogP) is 5.13. The highest BCUT2D eigenvalue weighted by Crippen LogP contribution is 2.35. The van der Waals surface area contributed by atoms with Gasteiger partial charge in [-0.25, -0.2) is 0 Å². The molecule has 1 atom stereocenters. The molecule has 1 aliphatic heterocycles. The molecule has 0 amide bonds. The number of aryl methyl sites for hydroxylation is 1. The number of hydrogen-bond acceptors (Lipinski definition) is 3. The topological polar surface area (TPSA) is 21.7 Å². The van der Waals surface area contributed by atoms with Crippen LogP contribution < -0.4 is 9.47 Å². The largest absolute Gasteiger partial charge is 0.493 e. The van der Waals surface area contributed by atoms with Crippen LogP contribution in [0.25, 0.3) is 0 Å². The summed E-state index contributed by atoms with van der Waals surface area (Å²) in [6.07, 6.45) is 2.63. The van der Waals surface area contributed by atoms with Gasteiger partial charge in [0, 0.05) is 12.6 Å². The van der Waals surface area contributed by atoms with E-state index < -0.39 is 0 Å². The summed E-state index contributed by atoms with van der Waals surface area (Å²) in [4.78, 5) is 2.58. The van der Waals surface area contributed by atoms with Crippen molar-refractivity contribution in [1.29, 1.82) is 0 Å². The fourth-order valence-corrected chi connectivity index (χ4v) is 3.67. The monoisotopic (exact) mass is 339 g/mol. The van der Waals surface area contributed by atoms with Gasteiger partial charge in [0.2, 0.25) is 0 Å². The Bertz CT molecular complexity index is 711. The lowest BCUT2D eigenvalue weighted by Gasteiger charge is -2.25. The van der Waals surface area contributed by atoms with E-state index in [0.717, 1.165) is 24.6 Å². The van der Waals surface area contributed by atoms with Gasteiger partial charge >= 0.3 is 0 Å². The lowest BCUT2D eigenvalue weighted by atomic mass is 10.0. The fraction of sp³-hybridized carbons (Fsp3) is 0.455. The minimum absolute atomic E-state index is 0.143. The third kappa shape index (κ3) is 4.35. The van der Waals surface area contributed by atoms with Crippen LogP contribution in [0.3, 0.4) is 0 Å². The zero-order valence-corrected chi connectivity index (χ0v) is 15.8. The van der Waals surface area contributed by atoms with Crippen LogP contribution in [0, 0.1) is 6.92 Å². The van der Waals surface area contributed by atoms with Gasteiger partial charge in [0.1, 0.15) is 0 Å². The zero-order chi connectivity index (χ0) is 17.8. The zero-order valence-electron chi connectivity index (χ0n) is 15.8. The number of nitrogens with zero attached hydrogens (tertiary/aromatic N) is 1. The van der Waals surface area contributed by atoms with Gasteiger partial charge in [-0.2, -0.15) is 0 Å². The van der Waals surface area contributed by atoms with Gasteiger partial charge < -0.3 is 9.47 Å². The van der Waals surface area contributed by atoms with Gasteiger partial charge in [0.15, 0.2) is 11.5 Å². The Balaban J connectivity index is 1.77. The van der Waals surface area contributed by atoms with Crippen molar-refractivity contribution in [2.24, 2.45) is 0 Å². The summed E-state index contributed by atoms with van der Waals surface area (Å²) < 4.78 is 11.4. The molecular formula is C22H29NO2. The van der Waals surface area contributed by atoms with Gasteiger partial charge in [-0.05, 0) is 63.4 Å². The fourth-order valence-electron chi connectivity index (χ4n) is 3.67. The van der Waals surface area contributed by atoms with Crippen LogP contribution in [0.15, 0.2) is 42.5 Å². The second-order valence-corrected chi connectivity index (χ2v) is 7.19. The summed E-state index contributed by atoms with van der Waals surface area (Å²) >= 11 is 0. The molecule has 1 saturated heterocycles. The van der Waals surface area contributed by atoms with Crippen molar-refractivity contribution < 1.29 is 9.47 Å². The number of methoxy groups -OCH3 is 1. The Kier molecular flexibility index (Phi) is 5.64. The average molecular weight is 339 g/mol. The Morgan fingerprint density at radius 3 is 2.68 bits per heavy atom. The highest BCUT2D eigenvalue weighted by molar-refractivity contribution is 5.43. The molecule has 0 aliphatic carbocycles. The summed E-state index contributed by atoms with van der Waals surface area (Å²) in [5, 5.41) is 0. The maximum atomic E-state index is 5.83. The van der Waals surface area contributed by atoms with E-state index in [4.69, 9.17) is 9.47 Å². The maximum Gasteiger partial charge on any atom is 0.161 e. The molecule has 1 heterocycles. The first-order valence-corrected chi connectivity index (χ1v) is 9.21. The summed E-state index contributed by atoms with van der Waals surface area (Å²) in [7, 11) is 1.71. The lowest BCUT2D eigenvalue weighted by Crippen LogP contribution is -2.22. The van der Waals surface area contributed by atoms with Gasteiger partial charge in [-0.15, -0.1) is 0 Å². The minimum Gasteiger partial charge on any atom is -0.493 e. The first-order chi connectivity index (χ1) is 12.1. The molecule has 134 valence electrons. The third-order valence-corrected chi connectivity index (χ3v) is 4.77. The molecule has 3 nitrogen and oxygen atoms in total. The SMILES string of the molecule is COc1cc(CN2CCCC2c2cccc(C)c2)ccc1OC(C)C. The summed E-state index contributed by atoms with van der Waals surface area (Å²) in [6.45, 7) is 8.32. The second-order valence-electron chi connectivity index (χ2n) is 7.19. The number of hydrogen-bond donors (Lipinski definition) is 0. The molecule has 0 spiro atoms. The van der Waals surface area contributed by atoms with Crippen molar-refractivity contribution >= 4 is 0 Å². The van der Waals surface area contributed by atoms with Gasteiger partial charge in [0.05, 0.1) is 13.2 Å². The first-order valence-electron chi connectivity index (χ1n) is 9.21. The smallest absolute Gasteiger partial charge is 0.161 e. The molecule has 2 aromatic rings. The molecular weight excluding hydrogens is 310 g/mol. The number of ether oxygens (including phenoxy) is 2. The Morgan fingerprint density at radius 1 is 1.12 bits per heavy atom. The molecule has 3 heteroatoms. The summed E-state index contributed by atoms with van der Waals surface area (Å²) in [5.41, 5.74) is 4.04. The molecule has 2 aromatic carbocycles. The van der Waals surface area contributed by atoms with Crippen LogP contribution >= 0.6 is 0 Å². The van der Waals surface area contributed by atoms with E-state index in [9.17, 15) is 0 Å². The summed E-state index contributed by atoms with van der Waals surface area (Å²) in [5.74, 6) is 1.63. The van der Waals surface area contributed by atoms with Crippen LogP contribution in [-0.4, -0.2) is 24.7 Å². The van der Waals surface area contributed by atoms with E-state index in [0.29, 0.717) is 6.04 Å². The lowest BCUT2D eigenvalue weighted by molar-refractivity contribution is 0.228. The van der Waals surface area contributed by atoms with Crippen molar-refractivity contribution in [3.63, 3.8) is 0 Å². The third-order valence-electron chi connectivity index (χ3n) is 4.77. The number of benzene rings is 2.